The van der Waals surface area contributed by atoms with Crippen molar-refractivity contribution >= 4 is 5.97 Å². The molecule has 2 aliphatic rings. The van der Waals surface area contributed by atoms with Crippen LogP contribution in [0.4, 0.5) is 0 Å². The van der Waals surface area contributed by atoms with Gasteiger partial charge in [-0.25, -0.2) is 0 Å². The van der Waals surface area contributed by atoms with Crippen molar-refractivity contribution in [2.75, 3.05) is 13.1 Å². The summed E-state index contributed by atoms with van der Waals surface area (Å²) in [6, 6.07) is 0.318. The van der Waals surface area contributed by atoms with Crippen LogP contribution >= 0.6 is 0 Å². The van der Waals surface area contributed by atoms with E-state index in [0.29, 0.717) is 18.4 Å². The molecule has 2 rings (SSSR count). The van der Waals surface area contributed by atoms with Crippen molar-refractivity contribution in [3.05, 3.63) is 0 Å². The van der Waals surface area contributed by atoms with E-state index in [2.05, 4.69) is 4.90 Å². The van der Waals surface area contributed by atoms with Crippen molar-refractivity contribution in [1.82, 2.24) is 4.90 Å². The number of hydrogen-bond donors (Lipinski definition) is 2. The molecule has 104 valence electrons. The minimum atomic E-state index is -0.678. The van der Waals surface area contributed by atoms with Gasteiger partial charge in [0.25, 0.3) is 0 Å². The van der Waals surface area contributed by atoms with E-state index in [4.69, 9.17) is 5.11 Å². The van der Waals surface area contributed by atoms with Crippen LogP contribution in [0, 0.1) is 5.92 Å². The fourth-order valence-electron chi connectivity index (χ4n) is 3.43. The average Bonchev–Trinajstić information content (AvgIpc) is 2.54. The van der Waals surface area contributed by atoms with Crippen LogP contribution in [0.5, 0.6) is 0 Å². The third-order valence-electron chi connectivity index (χ3n) is 4.53. The van der Waals surface area contributed by atoms with Crippen LogP contribution in [0.2, 0.25) is 0 Å². The third kappa shape index (κ3) is 3.69. The zero-order valence-electron chi connectivity index (χ0n) is 11.1. The fraction of sp³-hybridized carbons (Fsp3) is 0.929. The van der Waals surface area contributed by atoms with Crippen LogP contribution in [-0.4, -0.2) is 46.3 Å². The van der Waals surface area contributed by atoms with E-state index in [9.17, 15) is 9.90 Å². The van der Waals surface area contributed by atoms with Gasteiger partial charge >= 0.3 is 5.97 Å². The van der Waals surface area contributed by atoms with Gasteiger partial charge < -0.3 is 10.2 Å². The van der Waals surface area contributed by atoms with Crippen LogP contribution in [0.25, 0.3) is 0 Å². The molecule has 4 heteroatoms. The fourth-order valence-corrected chi connectivity index (χ4v) is 3.43. The monoisotopic (exact) mass is 255 g/mol. The van der Waals surface area contributed by atoms with Crippen molar-refractivity contribution in [3.63, 3.8) is 0 Å². The number of carboxylic acids is 1. The number of hydrogen-bond acceptors (Lipinski definition) is 3. The molecule has 0 spiro atoms. The van der Waals surface area contributed by atoms with Crippen molar-refractivity contribution in [2.45, 2.75) is 63.5 Å². The summed E-state index contributed by atoms with van der Waals surface area (Å²) >= 11 is 0. The lowest BCUT2D eigenvalue weighted by Gasteiger charge is -2.38. The Hall–Kier alpha value is -0.610. The molecule has 0 aromatic rings. The Balaban J connectivity index is 1.82. The summed E-state index contributed by atoms with van der Waals surface area (Å²) < 4.78 is 0. The van der Waals surface area contributed by atoms with Crippen LogP contribution in [-0.2, 0) is 4.79 Å². The Morgan fingerprint density at radius 1 is 1.06 bits per heavy atom. The molecule has 0 radical (unpaired) electrons. The van der Waals surface area contributed by atoms with Crippen molar-refractivity contribution in [3.8, 4) is 0 Å². The molecule has 2 N–H and O–H groups in total. The van der Waals surface area contributed by atoms with Gasteiger partial charge in [0.1, 0.15) is 0 Å². The molecule has 1 aliphatic carbocycles. The van der Waals surface area contributed by atoms with E-state index in [1.807, 2.05) is 0 Å². The maximum atomic E-state index is 10.7. The van der Waals surface area contributed by atoms with Gasteiger partial charge in [0.2, 0.25) is 0 Å². The lowest BCUT2D eigenvalue weighted by molar-refractivity contribution is -0.138. The zero-order valence-corrected chi connectivity index (χ0v) is 11.1. The Kier molecular flexibility index (Phi) is 5.01. The summed E-state index contributed by atoms with van der Waals surface area (Å²) in [5.41, 5.74) is 0. The predicted molar refractivity (Wildman–Crippen MR) is 69.4 cm³/mol. The molecular weight excluding hydrogens is 230 g/mol. The number of aliphatic hydroxyl groups excluding tert-OH is 1. The molecule has 4 nitrogen and oxygen atoms in total. The minimum absolute atomic E-state index is 0.177. The first kappa shape index (κ1) is 13.8. The van der Waals surface area contributed by atoms with Gasteiger partial charge in [-0.15, -0.1) is 0 Å². The van der Waals surface area contributed by atoms with E-state index in [1.165, 1.54) is 12.8 Å². The molecule has 0 aromatic carbocycles. The summed E-state index contributed by atoms with van der Waals surface area (Å²) in [5, 5.41) is 19.0. The molecule has 2 atom stereocenters. The highest BCUT2D eigenvalue weighted by atomic mass is 16.4. The zero-order chi connectivity index (χ0) is 13.0. The number of carboxylic acid groups (broad SMARTS) is 1. The highest BCUT2D eigenvalue weighted by Gasteiger charge is 2.30. The van der Waals surface area contributed by atoms with E-state index in [1.54, 1.807) is 0 Å². The molecule has 1 saturated carbocycles. The lowest BCUT2D eigenvalue weighted by atomic mass is 9.91. The van der Waals surface area contributed by atoms with Crippen LogP contribution < -0.4 is 0 Å². The second kappa shape index (κ2) is 6.53. The van der Waals surface area contributed by atoms with Crippen LogP contribution in [0.1, 0.15) is 51.4 Å². The second-order valence-electron chi connectivity index (χ2n) is 5.85. The molecular formula is C14H25NO3. The standard InChI is InChI=1S/C14H25NO3/c16-13-5-3-1-2-4-12(13)15-8-6-11(7-9-15)10-14(17)18/h11-13,16H,1-10H2,(H,17,18). The average molecular weight is 255 g/mol. The third-order valence-corrected chi connectivity index (χ3v) is 4.53. The number of aliphatic hydroxyl groups is 1. The quantitative estimate of drug-likeness (QED) is 0.756. The predicted octanol–water partition coefficient (Wildman–Crippen LogP) is 1.87. The van der Waals surface area contributed by atoms with Gasteiger partial charge in [-0.05, 0) is 44.7 Å². The Morgan fingerprint density at radius 3 is 2.39 bits per heavy atom. The molecule has 0 amide bonds. The number of rotatable bonds is 3. The molecule has 1 saturated heterocycles. The molecule has 1 aliphatic heterocycles. The topological polar surface area (TPSA) is 60.8 Å². The summed E-state index contributed by atoms with van der Waals surface area (Å²) in [7, 11) is 0. The van der Waals surface area contributed by atoms with E-state index in [0.717, 1.165) is 45.2 Å². The second-order valence-corrected chi connectivity index (χ2v) is 5.85. The normalized spacial score (nSPS) is 32.1. The SMILES string of the molecule is O=C(O)CC1CCN(C2CCCCCC2O)CC1. The maximum absolute atomic E-state index is 10.7. The van der Waals surface area contributed by atoms with Gasteiger partial charge in [0.15, 0.2) is 0 Å². The summed E-state index contributed by atoms with van der Waals surface area (Å²) in [4.78, 5) is 13.1. The molecule has 2 unspecified atom stereocenters. The van der Waals surface area contributed by atoms with E-state index < -0.39 is 5.97 Å². The smallest absolute Gasteiger partial charge is 0.303 e. The number of carbonyl (C=O) groups is 1. The summed E-state index contributed by atoms with van der Waals surface area (Å²) in [6.07, 6.45) is 7.70. The Labute approximate surface area is 109 Å². The molecule has 2 fully saturated rings. The first-order valence-electron chi connectivity index (χ1n) is 7.30. The van der Waals surface area contributed by atoms with Crippen molar-refractivity contribution in [1.29, 1.82) is 0 Å². The first-order chi connectivity index (χ1) is 8.66. The number of nitrogens with zero attached hydrogens (tertiary/aromatic N) is 1. The highest BCUT2D eigenvalue weighted by Crippen LogP contribution is 2.27. The highest BCUT2D eigenvalue weighted by molar-refractivity contribution is 5.67. The number of likely N-dealkylation sites (tertiary alicyclic amines) is 1. The molecule has 1 heterocycles. The number of piperidine rings is 1. The Morgan fingerprint density at radius 2 is 1.72 bits per heavy atom. The molecule has 18 heavy (non-hydrogen) atoms. The maximum Gasteiger partial charge on any atom is 0.303 e. The number of aliphatic carboxylic acids is 1. The molecule has 0 bridgehead atoms. The lowest BCUT2D eigenvalue weighted by Crippen LogP contribution is -2.47. The van der Waals surface area contributed by atoms with Crippen LogP contribution in [0.15, 0.2) is 0 Å². The first-order valence-corrected chi connectivity index (χ1v) is 7.30. The van der Waals surface area contributed by atoms with Crippen molar-refractivity contribution < 1.29 is 15.0 Å². The van der Waals surface area contributed by atoms with Gasteiger partial charge in [-0.2, -0.15) is 0 Å². The van der Waals surface area contributed by atoms with E-state index >= 15 is 0 Å². The summed E-state index contributed by atoms with van der Waals surface area (Å²) in [5.74, 6) is -0.343. The largest absolute Gasteiger partial charge is 0.481 e. The van der Waals surface area contributed by atoms with Gasteiger partial charge in [-0.1, -0.05) is 19.3 Å². The Bertz CT molecular complexity index is 274. The van der Waals surface area contributed by atoms with E-state index in [-0.39, 0.29) is 6.10 Å². The van der Waals surface area contributed by atoms with Crippen LogP contribution in [0.3, 0.4) is 0 Å². The summed E-state index contributed by atoms with van der Waals surface area (Å²) in [6.45, 7) is 1.92. The minimum Gasteiger partial charge on any atom is -0.481 e. The van der Waals surface area contributed by atoms with Gasteiger partial charge in [0.05, 0.1) is 6.10 Å². The van der Waals surface area contributed by atoms with Crippen molar-refractivity contribution in [2.24, 2.45) is 5.92 Å². The van der Waals surface area contributed by atoms with Gasteiger partial charge in [-0.3, -0.25) is 9.69 Å². The van der Waals surface area contributed by atoms with Gasteiger partial charge in [0, 0.05) is 12.5 Å². The molecule has 0 aromatic heterocycles.